The van der Waals surface area contributed by atoms with Gasteiger partial charge in [-0.1, -0.05) is 15.9 Å². The first-order chi connectivity index (χ1) is 13.3. The number of nitrogens with zero attached hydrogens (tertiary/aromatic N) is 4. The molecule has 0 radical (unpaired) electrons. The second kappa shape index (κ2) is 6.34. The number of carbonyl (C=O) groups is 1. The van der Waals surface area contributed by atoms with Crippen molar-refractivity contribution in [1.29, 1.82) is 0 Å². The third-order valence-corrected chi connectivity index (χ3v) is 7.32. The van der Waals surface area contributed by atoms with Crippen molar-refractivity contribution in [2.24, 2.45) is 17.3 Å². The minimum Gasteiger partial charge on any atom is -0.324 e. The summed E-state index contributed by atoms with van der Waals surface area (Å²) in [6, 6.07) is 4.70. The molecule has 4 bridgehead atoms. The van der Waals surface area contributed by atoms with Crippen molar-refractivity contribution in [3.05, 3.63) is 34.3 Å². The third kappa shape index (κ3) is 3.06. The number of benzene rings is 1. The van der Waals surface area contributed by atoms with Gasteiger partial charge in [-0.3, -0.25) is 4.79 Å². The fourth-order valence-corrected chi connectivity index (χ4v) is 6.79. The fourth-order valence-electron chi connectivity index (χ4n) is 6.45. The van der Waals surface area contributed by atoms with Gasteiger partial charge in [-0.05, 0) is 86.1 Å². The summed E-state index contributed by atoms with van der Waals surface area (Å²) in [5.74, 6) is 1.36. The molecule has 0 aliphatic heterocycles. The molecule has 6 rings (SSSR count). The van der Waals surface area contributed by atoms with E-state index in [2.05, 4.69) is 36.7 Å². The number of hydrogen-bond acceptors (Lipinski definition) is 4. The van der Waals surface area contributed by atoms with Crippen LogP contribution in [0.15, 0.2) is 22.7 Å². The minimum atomic E-state index is -0.424. The molecule has 4 fully saturated rings. The van der Waals surface area contributed by atoms with E-state index in [0.29, 0.717) is 28.6 Å². The Morgan fingerprint density at radius 3 is 2.71 bits per heavy atom. The molecule has 0 spiro atoms. The molecule has 28 heavy (non-hydrogen) atoms. The number of aromatic nitrogens is 4. The lowest BCUT2D eigenvalue weighted by Crippen LogP contribution is -2.57. The molecule has 148 valence electrons. The van der Waals surface area contributed by atoms with Crippen molar-refractivity contribution in [1.82, 2.24) is 20.2 Å². The van der Waals surface area contributed by atoms with Crippen molar-refractivity contribution in [3.8, 4) is 0 Å². The second-order valence-electron chi connectivity index (χ2n) is 9.16. The first-order valence-corrected chi connectivity index (χ1v) is 10.7. The Hall–Kier alpha value is -1.83. The molecule has 6 nitrogen and oxygen atoms in total. The lowest BCUT2D eigenvalue weighted by Gasteiger charge is -2.61. The van der Waals surface area contributed by atoms with Crippen LogP contribution in [-0.4, -0.2) is 26.1 Å². The van der Waals surface area contributed by atoms with E-state index in [-0.39, 0.29) is 22.5 Å². The zero-order valence-electron chi connectivity index (χ0n) is 15.8. The molecule has 8 heteroatoms. The van der Waals surface area contributed by atoms with E-state index < -0.39 is 5.82 Å². The zero-order chi connectivity index (χ0) is 19.5. The highest BCUT2D eigenvalue weighted by Crippen LogP contribution is 2.65. The number of halogens is 2. The Morgan fingerprint density at radius 2 is 2.07 bits per heavy atom. The number of nitrogens with one attached hydrogen (secondary N) is 1. The summed E-state index contributed by atoms with van der Waals surface area (Å²) in [6.07, 6.45) is 6.84. The van der Waals surface area contributed by atoms with Gasteiger partial charge in [0.25, 0.3) is 0 Å². The first kappa shape index (κ1) is 18.2. The Kier molecular flexibility index (Phi) is 4.12. The van der Waals surface area contributed by atoms with Gasteiger partial charge in [0.2, 0.25) is 5.91 Å². The van der Waals surface area contributed by atoms with Gasteiger partial charge in [0.1, 0.15) is 5.82 Å². The molecule has 2 aromatic rings. The van der Waals surface area contributed by atoms with Gasteiger partial charge in [0.05, 0.1) is 11.2 Å². The van der Waals surface area contributed by atoms with Crippen molar-refractivity contribution in [2.45, 2.75) is 57.4 Å². The normalized spacial score (nSPS) is 33.2. The van der Waals surface area contributed by atoms with Crippen molar-refractivity contribution in [3.63, 3.8) is 0 Å². The number of tetrazole rings is 1. The molecule has 1 heterocycles. The van der Waals surface area contributed by atoms with Gasteiger partial charge in [0, 0.05) is 10.9 Å². The van der Waals surface area contributed by atoms with E-state index in [9.17, 15) is 9.18 Å². The van der Waals surface area contributed by atoms with Gasteiger partial charge in [-0.2, -0.15) is 4.80 Å². The molecule has 1 aromatic heterocycles. The maximum Gasteiger partial charge on any atom is 0.225 e. The average Bonchev–Trinajstić information content (AvgIpc) is 3.03. The largest absolute Gasteiger partial charge is 0.324 e. The molecular formula is C20H23BrFN5O. The van der Waals surface area contributed by atoms with Gasteiger partial charge < -0.3 is 5.32 Å². The van der Waals surface area contributed by atoms with Gasteiger partial charge >= 0.3 is 0 Å². The Balaban J connectivity index is 1.38. The highest BCUT2D eigenvalue weighted by atomic mass is 79.9. The number of hydrogen-bond donors (Lipinski definition) is 1. The summed E-state index contributed by atoms with van der Waals surface area (Å²) in [6.45, 7) is 1.86. The van der Waals surface area contributed by atoms with Crippen LogP contribution in [0.25, 0.3) is 0 Å². The van der Waals surface area contributed by atoms with E-state index in [1.807, 2.05) is 11.7 Å². The van der Waals surface area contributed by atoms with Crippen LogP contribution < -0.4 is 5.32 Å². The lowest BCUT2D eigenvalue weighted by molar-refractivity contribution is -0.135. The maximum absolute atomic E-state index is 14.1. The van der Waals surface area contributed by atoms with E-state index >= 15 is 0 Å². The monoisotopic (exact) mass is 447 g/mol. The summed E-state index contributed by atoms with van der Waals surface area (Å²) in [5, 5.41) is 15.7. The predicted octanol–water partition coefficient (Wildman–Crippen LogP) is 4.21. The molecular weight excluding hydrogens is 425 g/mol. The van der Waals surface area contributed by atoms with Gasteiger partial charge in [-0.25, -0.2) is 4.39 Å². The van der Waals surface area contributed by atoms with E-state index in [4.69, 9.17) is 0 Å². The summed E-state index contributed by atoms with van der Waals surface area (Å²) in [5.41, 5.74) is 0.0666. The number of rotatable bonds is 4. The molecule has 1 aromatic carbocycles. The Morgan fingerprint density at radius 1 is 1.32 bits per heavy atom. The van der Waals surface area contributed by atoms with Crippen molar-refractivity contribution >= 4 is 27.5 Å². The zero-order valence-corrected chi connectivity index (χ0v) is 17.4. The highest BCUT2D eigenvalue weighted by Gasteiger charge is 2.60. The van der Waals surface area contributed by atoms with Crippen LogP contribution in [0.3, 0.4) is 0 Å². The Bertz CT molecular complexity index is 930. The molecule has 1 N–H and O–H groups in total. The smallest absolute Gasteiger partial charge is 0.225 e. The molecule has 1 amide bonds. The van der Waals surface area contributed by atoms with Crippen LogP contribution >= 0.6 is 15.9 Å². The van der Waals surface area contributed by atoms with Crippen molar-refractivity contribution < 1.29 is 9.18 Å². The highest BCUT2D eigenvalue weighted by molar-refractivity contribution is 9.10. The maximum atomic E-state index is 14.1. The minimum absolute atomic E-state index is 0.0540. The van der Waals surface area contributed by atoms with Crippen LogP contribution in [-0.2, 0) is 10.3 Å². The Labute approximate surface area is 171 Å². The molecule has 4 aliphatic rings. The third-order valence-electron chi connectivity index (χ3n) is 6.83. The standard InChI is InChI=1S/C20H23BrFN5O/c1-12-24-26-27(25-12)20-8-13-4-14(9-20)7-19(6-13,11-20)10-18(28)23-17-3-2-15(21)5-16(17)22/h2-3,5,13-14H,4,6-11H2,1H3,(H,23,28). The average molecular weight is 448 g/mol. The summed E-state index contributed by atoms with van der Waals surface area (Å²) < 4.78 is 14.8. The van der Waals surface area contributed by atoms with E-state index in [1.54, 1.807) is 12.1 Å². The van der Waals surface area contributed by atoms with Gasteiger partial charge in [-0.15, -0.1) is 10.2 Å². The summed E-state index contributed by atoms with van der Waals surface area (Å²) in [4.78, 5) is 14.7. The molecule has 2 atom stereocenters. The van der Waals surface area contributed by atoms with Crippen LogP contribution in [0.1, 0.15) is 50.8 Å². The first-order valence-electron chi connectivity index (χ1n) is 9.87. The van der Waals surface area contributed by atoms with E-state index in [0.717, 1.165) is 32.1 Å². The summed E-state index contributed by atoms with van der Waals surface area (Å²) >= 11 is 3.25. The van der Waals surface area contributed by atoms with Crippen LogP contribution in [0.4, 0.5) is 10.1 Å². The number of carbonyl (C=O) groups excluding carboxylic acids is 1. The lowest BCUT2D eigenvalue weighted by atomic mass is 9.46. The van der Waals surface area contributed by atoms with Crippen molar-refractivity contribution in [2.75, 3.05) is 5.32 Å². The number of anilines is 1. The molecule has 4 saturated carbocycles. The SMILES string of the molecule is Cc1nnn(C23CC4CC(CC(CC(=O)Nc5ccc(Br)cc5F)(C4)C2)C3)n1. The second-order valence-corrected chi connectivity index (χ2v) is 10.1. The molecule has 0 saturated heterocycles. The molecule has 2 unspecified atom stereocenters. The van der Waals surface area contributed by atoms with Crippen LogP contribution in [0.5, 0.6) is 0 Å². The van der Waals surface area contributed by atoms with Crippen LogP contribution in [0, 0.1) is 30.0 Å². The van der Waals surface area contributed by atoms with Gasteiger partial charge in [0.15, 0.2) is 5.82 Å². The summed E-state index contributed by atoms with van der Waals surface area (Å²) in [7, 11) is 0. The topological polar surface area (TPSA) is 72.7 Å². The number of amides is 1. The quantitative estimate of drug-likeness (QED) is 0.761. The number of aryl methyl sites for hydroxylation is 1. The fraction of sp³-hybridized carbons (Fsp3) is 0.600. The predicted molar refractivity (Wildman–Crippen MR) is 105 cm³/mol. The van der Waals surface area contributed by atoms with Crippen LogP contribution in [0.2, 0.25) is 0 Å². The van der Waals surface area contributed by atoms with E-state index in [1.165, 1.54) is 12.5 Å². The molecule has 4 aliphatic carbocycles.